The highest BCUT2D eigenvalue weighted by Gasteiger charge is 2.16. The fourth-order valence-corrected chi connectivity index (χ4v) is 6.99. The van der Waals surface area contributed by atoms with Gasteiger partial charge in [0.15, 0.2) is 0 Å². The Morgan fingerprint density at radius 3 is 1.80 bits per heavy atom. The summed E-state index contributed by atoms with van der Waals surface area (Å²) in [4.78, 5) is 9.94. The number of thiophene rings is 1. The lowest BCUT2D eigenvalue weighted by atomic mass is 10.1. The first kappa shape index (κ1) is 33.2. The first-order chi connectivity index (χ1) is 24.9. The van der Waals surface area contributed by atoms with Crippen molar-refractivity contribution in [3.8, 4) is 0 Å². The monoisotopic (exact) mass is 683 g/mol. The Morgan fingerprint density at radius 1 is 0.647 bits per heavy atom. The van der Waals surface area contributed by atoms with Crippen LogP contribution in [0.2, 0.25) is 0 Å². The maximum absolute atomic E-state index is 8.27. The summed E-state index contributed by atoms with van der Waals surface area (Å²) in [6, 6.07) is 52.4. The number of benzene rings is 6. The van der Waals surface area contributed by atoms with E-state index in [1.165, 1.54) is 16.3 Å². The standard InChI is InChI=1S/C16H15N3.C15H12N2S.C13H10O/c1-12-17-15(13-8-4-2-5-9-13)19-16(18-12)14-10-6-3-7-11-14;16-13(10-6-2-1-3-7-10)15-14(17)11-8-4-5-9-12(11)18-15;1-9-6-7-13-11(8-9)10-4-2-3-5-12(10)14-13/h2-12H,1H3,(H,17,18,19);1-9,16H,17H2;2-8H,1H3. The lowest BCUT2D eigenvalue weighted by Crippen LogP contribution is -2.37. The predicted molar refractivity (Wildman–Crippen MR) is 216 cm³/mol. The van der Waals surface area contributed by atoms with Gasteiger partial charge in [0.1, 0.15) is 29.0 Å². The number of nitrogen functional groups attached to an aromatic ring is 1. The number of nitrogens with one attached hydrogen (secondary N) is 2. The van der Waals surface area contributed by atoms with Crippen molar-refractivity contribution in [2.24, 2.45) is 9.98 Å². The maximum atomic E-state index is 8.27. The largest absolute Gasteiger partial charge is 0.456 e. The van der Waals surface area contributed by atoms with Crippen molar-refractivity contribution < 1.29 is 4.42 Å². The van der Waals surface area contributed by atoms with Crippen LogP contribution in [0.1, 0.15) is 34.1 Å². The van der Waals surface area contributed by atoms with Gasteiger partial charge in [0.25, 0.3) is 0 Å². The molecular weight excluding hydrogens is 647 g/mol. The highest BCUT2D eigenvalue weighted by Crippen LogP contribution is 2.35. The van der Waals surface area contributed by atoms with Gasteiger partial charge in [-0.2, -0.15) is 0 Å². The minimum Gasteiger partial charge on any atom is -0.456 e. The molecular formula is C44H37N5OS. The number of hydrogen-bond acceptors (Lipinski definition) is 7. The van der Waals surface area contributed by atoms with Gasteiger partial charge < -0.3 is 15.5 Å². The molecule has 0 saturated heterocycles. The van der Waals surface area contributed by atoms with Gasteiger partial charge in [-0.15, -0.1) is 11.3 Å². The maximum Gasteiger partial charge on any atom is 0.141 e. The van der Waals surface area contributed by atoms with E-state index in [9.17, 15) is 0 Å². The van der Waals surface area contributed by atoms with Crippen LogP contribution in [0.3, 0.4) is 0 Å². The Bertz CT molecular complexity index is 2440. The van der Waals surface area contributed by atoms with Gasteiger partial charge in [-0.1, -0.05) is 139 Å². The van der Waals surface area contributed by atoms with Gasteiger partial charge in [0.05, 0.1) is 16.3 Å². The number of hydrogen-bond donors (Lipinski definition) is 3. The van der Waals surface area contributed by atoms with Crippen LogP contribution < -0.4 is 11.1 Å². The van der Waals surface area contributed by atoms with Gasteiger partial charge in [-0.05, 0) is 38.1 Å². The van der Waals surface area contributed by atoms with Crippen molar-refractivity contribution in [1.82, 2.24) is 5.32 Å². The van der Waals surface area contributed by atoms with E-state index < -0.39 is 0 Å². The summed E-state index contributed by atoms with van der Waals surface area (Å²) in [5.74, 6) is 1.75. The molecule has 0 saturated carbocycles. The highest BCUT2D eigenvalue weighted by atomic mass is 32.1. The van der Waals surface area contributed by atoms with Crippen molar-refractivity contribution in [2.75, 3.05) is 5.73 Å². The van der Waals surface area contributed by atoms with Crippen LogP contribution >= 0.6 is 11.3 Å². The molecule has 0 fully saturated rings. The number of nitrogens with zero attached hydrogens (tertiary/aromatic N) is 2. The minimum absolute atomic E-state index is 0.0633. The zero-order chi connectivity index (χ0) is 35.2. The summed E-state index contributed by atoms with van der Waals surface area (Å²) in [6.45, 7) is 4.09. The van der Waals surface area contributed by atoms with Crippen LogP contribution in [0.4, 0.5) is 5.69 Å². The summed E-state index contributed by atoms with van der Waals surface area (Å²) >= 11 is 1.58. The molecule has 51 heavy (non-hydrogen) atoms. The molecule has 4 N–H and O–H groups in total. The second-order valence-electron chi connectivity index (χ2n) is 12.1. The van der Waals surface area contributed by atoms with E-state index in [-0.39, 0.29) is 6.17 Å². The summed E-state index contributed by atoms with van der Waals surface area (Å²) < 4.78 is 6.84. The third-order valence-corrected chi connectivity index (χ3v) is 9.62. The second-order valence-corrected chi connectivity index (χ2v) is 13.2. The lowest BCUT2D eigenvalue weighted by Gasteiger charge is -2.19. The average Bonchev–Trinajstić information content (AvgIpc) is 3.73. The molecule has 0 bridgehead atoms. The van der Waals surface area contributed by atoms with E-state index in [1.807, 2.05) is 146 Å². The molecule has 2 aromatic heterocycles. The number of aryl methyl sites for hydroxylation is 1. The smallest absolute Gasteiger partial charge is 0.141 e. The summed E-state index contributed by atoms with van der Waals surface area (Å²) in [5, 5.41) is 15.0. The number of nitrogens with two attached hydrogens (primary N) is 1. The first-order valence-corrected chi connectivity index (χ1v) is 17.6. The van der Waals surface area contributed by atoms with Crippen molar-refractivity contribution in [2.45, 2.75) is 20.0 Å². The van der Waals surface area contributed by atoms with Gasteiger partial charge in [0, 0.05) is 37.5 Å². The zero-order valence-corrected chi connectivity index (χ0v) is 29.2. The Balaban J connectivity index is 0.000000121. The van der Waals surface area contributed by atoms with Crippen LogP contribution in [0.15, 0.2) is 172 Å². The molecule has 7 heteroatoms. The second kappa shape index (κ2) is 15.1. The molecule has 1 aliphatic rings. The molecule has 0 atom stereocenters. The molecule has 8 aromatic rings. The first-order valence-electron chi connectivity index (χ1n) is 16.8. The summed E-state index contributed by atoms with van der Waals surface area (Å²) in [7, 11) is 0. The van der Waals surface area contributed by atoms with Gasteiger partial charge >= 0.3 is 0 Å². The average molecular weight is 684 g/mol. The Hall–Kier alpha value is -6.31. The SMILES string of the molecule is CC1N=C(c2ccccc2)NC(c2ccccc2)=N1.Cc1ccc2oc3ccccc3c2c1.N=C(c1ccccc1)c1sc2ccccc2c1N. The van der Waals surface area contributed by atoms with E-state index >= 15 is 0 Å². The number of para-hydroxylation sites is 1. The molecule has 6 aromatic carbocycles. The summed E-state index contributed by atoms with van der Waals surface area (Å²) in [5.41, 5.74) is 13.6. The topological polar surface area (TPSA) is 99.8 Å². The van der Waals surface area contributed by atoms with Crippen molar-refractivity contribution in [1.29, 1.82) is 5.41 Å². The van der Waals surface area contributed by atoms with E-state index in [2.05, 4.69) is 40.4 Å². The number of fused-ring (bicyclic) bond motifs is 4. The Kier molecular flexibility index (Phi) is 9.81. The molecule has 9 rings (SSSR count). The molecule has 0 amide bonds. The molecule has 1 aliphatic heterocycles. The van der Waals surface area contributed by atoms with E-state index in [4.69, 9.17) is 15.6 Å². The van der Waals surface area contributed by atoms with E-state index in [0.717, 1.165) is 54.5 Å². The Labute approximate surface area is 301 Å². The fraction of sp³-hybridized carbons (Fsp3) is 0.0682. The molecule has 250 valence electrons. The summed E-state index contributed by atoms with van der Waals surface area (Å²) in [6.07, 6.45) is -0.0633. The van der Waals surface area contributed by atoms with Crippen LogP contribution in [0.5, 0.6) is 0 Å². The lowest BCUT2D eigenvalue weighted by molar-refractivity contribution is 0.669. The van der Waals surface area contributed by atoms with Crippen LogP contribution in [0, 0.1) is 12.3 Å². The van der Waals surface area contributed by atoms with Gasteiger partial charge in [-0.3, -0.25) is 5.41 Å². The van der Waals surface area contributed by atoms with Crippen LogP contribution in [-0.2, 0) is 0 Å². The van der Waals surface area contributed by atoms with Crippen LogP contribution in [-0.4, -0.2) is 23.5 Å². The quantitative estimate of drug-likeness (QED) is 0.161. The van der Waals surface area contributed by atoms with E-state index in [1.54, 1.807) is 11.3 Å². The Morgan fingerprint density at radius 2 is 1.18 bits per heavy atom. The van der Waals surface area contributed by atoms with Crippen molar-refractivity contribution >= 4 is 66.4 Å². The zero-order valence-electron chi connectivity index (χ0n) is 28.4. The molecule has 3 heterocycles. The van der Waals surface area contributed by atoms with E-state index in [0.29, 0.717) is 11.4 Å². The minimum atomic E-state index is -0.0633. The third kappa shape index (κ3) is 7.49. The number of anilines is 1. The number of aliphatic imine (C=N–C) groups is 2. The highest BCUT2D eigenvalue weighted by molar-refractivity contribution is 7.21. The van der Waals surface area contributed by atoms with Crippen LogP contribution in [0.25, 0.3) is 32.0 Å². The predicted octanol–water partition coefficient (Wildman–Crippen LogP) is 10.6. The molecule has 0 radical (unpaired) electrons. The van der Waals surface area contributed by atoms with Gasteiger partial charge in [-0.25, -0.2) is 9.98 Å². The number of rotatable bonds is 4. The normalized spacial score (nSPS) is 12.6. The molecule has 0 unspecified atom stereocenters. The molecule has 0 aliphatic carbocycles. The molecule has 6 nitrogen and oxygen atoms in total. The third-order valence-electron chi connectivity index (χ3n) is 8.42. The van der Waals surface area contributed by atoms with Gasteiger partial charge in [0.2, 0.25) is 0 Å². The van der Waals surface area contributed by atoms with Crippen molar-refractivity contribution in [3.05, 3.63) is 185 Å². The molecule has 0 spiro atoms. The fourth-order valence-electron chi connectivity index (χ4n) is 5.89. The van der Waals surface area contributed by atoms with Crippen molar-refractivity contribution in [3.63, 3.8) is 0 Å². The number of amidine groups is 2. The number of furan rings is 1.